The Balaban J connectivity index is 2.03. The van der Waals surface area contributed by atoms with Gasteiger partial charge in [0.05, 0.1) is 27.3 Å². The van der Waals surface area contributed by atoms with Gasteiger partial charge in [-0.1, -0.05) is 0 Å². The fourth-order valence-corrected chi connectivity index (χ4v) is 4.41. The van der Waals surface area contributed by atoms with E-state index < -0.39 is 39.8 Å². The summed E-state index contributed by atoms with van der Waals surface area (Å²) in [7, 11) is -1.17. The second-order valence-corrected chi connectivity index (χ2v) is 8.40. The Bertz CT molecular complexity index is 812. The Morgan fingerprint density at radius 2 is 1.86 bits per heavy atom. The van der Waals surface area contributed by atoms with Gasteiger partial charge < -0.3 is 14.0 Å². The van der Waals surface area contributed by atoms with E-state index in [0.29, 0.717) is 27.5 Å². The van der Waals surface area contributed by atoms with Crippen molar-refractivity contribution < 1.29 is 36.4 Å². The molecular formula is C18H16F4O4S2. The van der Waals surface area contributed by atoms with E-state index >= 15 is 0 Å². The average Bonchev–Trinajstić information content (AvgIpc) is 2.63. The molecule has 0 N–H and O–H groups in total. The van der Waals surface area contributed by atoms with Gasteiger partial charge in [0, 0.05) is 0 Å². The molecule has 2 aromatic carbocycles. The van der Waals surface area contributed by atoms with Gasteiger partial charge >= 0.3 is 12.1 Å². The molecule has 0 aromatic heterocycles. The van der Waals surface area contributed by atoms with Crippen molar-refractivity contribution in [2.45, 2.75) is 35.9 Å². The van der Waals surface area contributed by atoms with Gasteiger partial charge in [0.2, 0.25) is 0 Å². The van der Waals surface area contributed by atoms with Crippen LogP contribution in [0.4, 0.5) is 17.6 Å². The lowest BCUT2D eigenvalue weighted by atomic mass is 10.2. The molecule has 2 unspecified atom stereocenters. The van der Waals surface area contributed by atoms with Gasteiger partial charge in [-0.25, -0.2) is 9.18 Å². The first-order chi connectivity index (χ1) is 13.1. The van der Waals surface area contributed by atoms with Gasteiger partial charge in [0.25, 0.3) is 0 Å². The lowest BCUT2D eigenvalue weighted by Crippen LogP contribution is -2.26. The maximum absolute atomic E-state index is 13.9. The molecule has 2 aromatic rings. The highest BCUT2D eigenvalue weighted by molar-refractivity contribution is 8.72. The predicted octanol–water partition coefficient (Wildman–Crippen LogP) is 4.99. The maximum Gasteiger partial charge on any atom is 0.416 e. The number of hydrogen-bond acceptors (Lipinski definition) is 5. The normalized spacial score (nSPS) is 13.7. The van der Waals surface area contributed by atoms with Gasteiger partial charge in [0.1, 0.15) is 22.4 Å². The van der Waals surface area contributed by atoms with Crippen LogP contribution < -0.4 is 4.74 Å². The summed E-state index contributed by atoms with van der Waals surface area (Å²) in [6.45, 7) is 3.42. The molecule has 0 bridgehead atoms. The van der Waals surface area contributed by atoms with Gasteiger partial charge in [-0.05, 0) is 56.3 Å². The van der Waals surface area contributed by atoms with Crippen LogP contribution in [0.3, 0.4) is 0 Å². The molecule has 4 nitrogen and oxygen atoms in total. The summed E-state index contributed by atoms with van der Waals surface area (Å²) in [6.07, 6.45) is -5.48. The lowest BCUT2D eigenvalue weighted by molar-refractivity contribution is -0.150. The third-order valence-corrected chi connectivity index (χ3v) is 6.26. The topological polar surface area (TPSA) is 58.6 Å². The van der Waals surface area contributed by atoms with Crippen LogP contribution in [-0.4, -0.2) is 23.2 Å². The molecule has 0 aliphatic carbocycles. The largest absolute Gasteiger partial charge is 0.600 e. The Labute approximate surface area is 165 Å². The van der Waals surface area contributed by atoms with Crippen LogP contribution in [0.2, 0.25) is 0 Å². The molecule has 0 aliphatic rings. The van der Waals surface area contributed by atoms with Crippen LogP contribution in [-0.2, 0) is 25.9 Å². The maximum atomic E-state index is 13.9. The van der Waals surface area contributed by atoms with Gasteiger partial charge in [0.15, 0.2) is 11.0 Å². The Hall–Kier alpha value is -1.91. The van der Waals surface area contributed by atoms with Crippen LogP contribution in [0.15, 0.2) is 52.3 Å². The number of carbonyl (C=O) groups is 1. The van der Waals surface area contributed by atoms with Gasteiger partial charge in [-0.3, -0.25) is 0 Å². The van der Waals surface area contributed by atoms with E-state index in [1.54, 1.807) is 6.92 Å². The SMILES string of the molecule is CCOC(=O)C(C)Oc1ccc([S+]([O-])Sc2ccc(C(F)(F)F)cc2F)cc1. The Morgan fingerprint density at radius 3 is 2.39 bits per heavy atom. The van der Waals surface area contributed by atoms with E-state index in [0.717, 1.165) is 12.1 Å². The van der Waals surface area contributed by atoms with Crippen molar-refractivity contribution in [3.8, 4) is 5.75 Å². The smallest absolute Gasteiger partial charge is 0.416 e. The molecule has 2 atom stereocenters. The van der Waals surface area contributed by atoms with E-state index in [4.69, 9.17) is 9.47 Å². The van der Waals surface area contributed by atoms with Crippen LogP contribution >= 0.6 is 10.8 Å². The van der Waals surface area contributed by atoms with Crippen LogP contribution in [0.1, 0.15) is 19.4 Å². The standard InChI is InChI=1S/C18H16F4O4S2/c1-3-25-17(23)11(2)26-13-5-7-14(8-6-13)28(24)27-16-9-4-12(10-15(16)19)18(20,21)22/h4-11H,3H2,1-2H3. The number of hydrogen-bond donors (Lipinski definition) is 0. The molecule has 152 valence electrons. The second kappa shape index (κ2) is 9.53. The molecule has 0 heterocycles. The highest BCUT2D eigenvalue weighted by Gasteiger charge is 2.32. The number of alkyl halides is 3. The number of esters is 1. The third kappa shape index (κ3) is 6.05. The highest BCUT2D eigenvalue weighted by Crippen LogP contribution is 2.36. The van der Waals surface area contributed by atoms with Crippen molar-refractivity contribution in [1.82, 2.24) is 0 Å². The van der Waals surface area contributed by atoms with E-state index in [1.807, 2.05) is 0 Å². The van der Waals surface area contributed by atoms with Crippen molar-refractivity contribution in [2.75, 3.05) is 6.61 Å². The Kier molecular flexibility index (Phi) is 7.62. The van der Waals surface area contributed by atoms with E-state index in [1.165, 1.54) is 31.2 Å². The minimum Gasteiger partial charge on any atom is -0.600 e. The summed E-state index contributed by atoms with van der Waals surface area (Å²) in [5.74, 6) is -1.29. The molecule has 0 radical (unpaired) electrons. The van der Waals surface area contributed by atoms with Crippen molar-refractivity contribution in [3.05, 3.63) is 53.8 Å². The average molecular weight is 436 g/mol. The first-order valence-corrected chi connectivity index (χ1v) is 10.5. The quantitative estimate of drug-likeness (QED) is 0.265. The molecule has 0 saturated carbocycles. The van der Waals surface area contributed by atoms with Crippen LogP contribution in [0, 0.1) is 5.82 Å². The third-order valence-electron chi connectivity index (χ3n) is 3.37. The number of rotatable bonds is 7. The van der Waals surface area contributed by atoms with Crippen LogP contribution in [0.25, 0.3) is 0 Å². The minimum atomic E-state index is -4.65. The number of benzene rings is 2. The van der Waals surface area contributed by atoms with Crippen molar-refractivity contribution in [3.63, 3.8) is 0 Å². The predicted molar refractivity (Wildman–Crippen MR) is 96.8 cm³/mol. The van der Waals surface area contributed by atoms with E-state index in [9.17, 15) is 26.9 Å². The molecule has 0 aliphatic heterocycles. The summed E-state index contributed by atoms with van der Waals surface area (Å²) in [5.41, 5.74) is -1.11. The molecule has 0 spiro atoms. The fourth-order valence-electron chi connectivity index (χ4n) is 2.02. The molecule has 0 saturated heterocycles. The molecule has 28 heavy (non-hydrogen) atoms. The summed E-state index contributed by atoms with van der Waals surface area (Å²) < 4.78 is 74.2. The number of halogens is 4. The second-order valence-electron chi connectivity index (χ2n) is 5.44. The molecule has 0 amide bonds. The number of carbonyl (C=O) groups excluding carboxylic acids is 1. The zero-order valence-corrected chi connectivity index (χ0v) is 16.4. The zero-order chi connectivity index (χ0) is 20.9. The van der Waals surface area contributed by atoms with E-state index in [-0.39, 0.29) is 11.5 Å². The highest BCUT2D eigenvalue weighted by atomic mass is 33.1. The lowest BCUT2D eigenvalue weighted by Gasteiger charge is -2.14. The molecule has 0 fully saturated rings. The van der Waals surface area contributed by atoms with E-state index in [2.05, 4.69) is 0 Å². The van der Waals surface area contributed by atoms with Crippen LogP contribution in [0.5, 0.6) is 5.75 Å². The molecular weight excluding hydrogens is 420 g/mol. The fraction of sp³-hybridized carbons (Fsp3) is 0.278. The molecule has 10 heteroatoms. The summed E-state index contributed by atoms with van der Waals surface area (Å²) in [4.78, 5) is 11.7. The summed E-state index contributed by atoms with van der Waals surface area (Å²) in [5, 5.41) is 0. The van der Waals surface area contributed by atoms with Crippen molar-refractivity contribution in [1.29, 1.82) is 0 Å². The monoisotopic (exact) mass is 436 g/mol. The molecule has 2 rings (SSSR count). The Morgan fingerprint density at radius 1 is 1.21 bits per heavy atom. The minimum absolute atomic E-state index is 0.164. The zero-order valence-electron chi connectivity index (χ0n) is 14.8. The number of ether oxygens (including phenoxy) is 2. The summed E-state index contributed by atoms with van der Waals surface area (Å²) in [6, 6.07) is 7.92. The first kappa shape index (κ1) is 22.4. The van der Waals surface area contributed by atoms with Gasteiger partial charge in [-0.15, -0.1) is 0 Å². The summed E-state index contributed by atoms with van der Waals surface area (Å²) >= 11 is 0. The first-order valence-electron chi connectivity index (χ1n) is 8.02. The van der Waals surface area contributed by atoms with Crippen molar-refractivity contribution in [2.24, 2.45) is 0 Å². The van der Waals surface area contributed by atoms with Gasteiger partial charge in [-0.2, -0.15) is 13.2 Å². The van der Waals surface area contributed by atoms with Crippen molar-refractivity contribution >= 4 is 27.0 Å².